The number of hydrogen-bond acceptors (Lipinski definition) is 7. The van der Waals surface area contributed by atoms with E-state index in [-0.39, 0.29) is 0 Å². The topological polar surface area (TPSA) is 205 Å². The number of aliphatic hydroxyl groups excluding tert-OH is 4. The average molecular weight is 454 g/mol. The van der Waals surface area contributed by atoms with Crippen LogP contribution >= 0.6 is 15.6 Å². The van der Waals surface area contributed by atoms with E-state index in [0.717, 1.165) is 12.8 Å². The smallest absolute Gasteiger partial charge is 0.396 e. The lowest BCUT2D eigenvalue weighted by Gasteiger charge is -2.32. The van der Waals surface area contributed by atoms with Crippen LogP contribution in [0.25, 0.3) is 0 Å². The maximum absolute atomic E-state index is 9.95. The van der Waals surface area contributed by atoms with Crippen molar-refractivity contribution in [3.8, 4) is 0 Å². The molecule has 11 nitrogen and oxygen atoms in total. The second kappa shape index (κ2) is 15.9. The molecule has 0 spiro atoms. The van der Waals surface area contributed by atoms with Gasteiger partial charge in [-0.2, -0.15) is 4.31 Å². The largest absolute Gasteiger partial charge is 0.478 e. The van der Waals surface area contributed by atoms with Gasteiger partial charge in [-0.25, -0.2) is 9.13 Å². The first kappa shape index (κ1) is 30.3. The van der Waals surface area contributed by atoms with E-state index in [1.165, 1.54) is 38.5 Å². The lowest BCUT2D eigenvalue weighted by molar-refractivity contribution is -0.0863. The van der Waals surface area contributed by atoms with Crippen LogP contribution < -0.4 is 0 Å². The zero-order valence-electron chi connectivity index (χ0n) is 16.3. The van der Waals surface area contributed by atoms with Crippen molar-refractivity contribution in [2.75, 3.05) is 19.8 Å². The van der Waals surface area contributed by atoms with Crippen LogP contribution in [0.1, 0.15) is 64.7 Å². The standard InChI is InChI=1S/C15H32O4.H4O7P2/c1-2-3-4-5-6-7-8-9-10-14(19)15(11-16,12-17)13-18;1-8(2,3)7-9(4,5)6/h14,16-19H,2-13H2,1H3;(H2,1,2,3)(H2,4,5,6). The van der Waals surface area contributed by atoms with Crippen LogP contribution in [0.4, 0.5) is 0 Å². The van der Waals surface area contributed by atoms with E-state index in [4.69, 9.17) is 19.6 Å². The third kappa shape index (κ3) is 17.0. The van der Waals surface area contributed by atoms with Gasteiger partial charge in [-0.15, -0.1) is 0 Å². The molecule has 8 N–H and O–H groups in total. The van der Waals surface area contributed by atoms with Crippen molar-refractivity contribution >= 4 is 15.6 Å². The number of rotatable bonds is 15. The average Bonchev–Trinajstić information content (AvgIpc) is 2.56. The fourth-order valence-corrected chi connectivity index (χ4v) is 3.49. The number of phosphoric acid groups is 2. The van der Waals surface area contributed by atoms with Crippen LogP contribution in [0.15, 0.2) is 0 Å². The molecule has 1 unspecified atom stereocenters. The second-order valence-corrected chi connectivity index (χ2v) is 9.29. The van der Waals surface area contributed by atoms with E-state index in [9.17, 15) is 29.6 Å². The molecule has 0 radical (unpaired) electrons. The molecule has 0 aliphatic carbocycles. The molecule has 0 fully saturated rings. The molecule has 0 saturated heterocycles. The number of hydrogen-bond donors (Lipinski definition) is 8. The minimum absolute atomic E-state index is 0.391. The summed E-state index contributed by atoms with van der Waals surface area (Å²) >= 11 is 0. The Morgan fingerprint density at radius 3 is 1.39 bits per heavy atom. The molecule has 0 bridgehead atoms. The Bertz CT molecular complexity index is 431. The summed E-state index contributed by atoms with van der Waals surface area (Å²) < 4.78 is 22.2. The van der Waals surface area contributed by atoms with Gasteiger partial charge < -0.3 is 40.0 Å². The molecule has 0 heterocycles. The SMILES string of the molecule is CCCCCCCCCCC(O)C(CO)(CO)CO.O=P(O)(O)OP(=O)(O)O. The summed E-state index contributed by atoms with van der Waals surface area (Å²) in [6.07, 6.45) is 9.18. The van der Waals surface area contributed by atoms with Crippen molar-refractivity contribution < 1.29 is 53.4 Å². The lowest BCUT2D eigenvalue weighted by atomic mass is 9.82. The first-order chi connectivity index (χ1) is 12.9. The summed E-state index contributed by atoms with van der Waals surface area (Å²) in [6.45, 7) is 1.03. The first-order valence-corrected chi connectivity index (χ1v) is 12.3. The predicted molar refractivity (Wildman–Crippen MR) is 102 cm³/mol. The Balaban J connectivity index is 0. The van der Waals surface area contributed by atoms with Gasteiger partial charge in [0.15, 0.2) is 0 Å². The fourth-order valence-electron chi connectivity index (χ4n) is 2.38. The normalized spacial score (nSPS) is 13.8. The summed E-state index contributed by atoms with van der Waals surface area (Å²) in [5, 5.41) is 37.5. The Hall–Kier alpha value is 0.100. The highest BCUT2D eigenvalue weighted by Crippen LogP contribution is 2.53. The third-order valence-electron chi connectivity index (χ3n) is 4.20. The van der Waals surface area contributed by atoms with E-state index in [0.29, 0.717) is 6.42 Å². The maximum atomic E-state index is 9.95. The molecular formula is C15H36O11P2. The minimum atomic E-state index is -5.05. The Morgan fingerprint density at radius 1 is 0.750 bits per heavy atom. The highest BCUT2D eigenvalue weighted by atomic mass is 31.3. The summed E-state index contributed by atoms with van der Waals surface area (Å²) in [5.74, 6) is 0. The van der Waals surface area contributed by atoms with Gasteiger partial charge in [0, 0.05) is 0 Å². The summed E-state index contributed by atoms with van der Waals surface area (Å²) in [6, 6.07) is 0. The van der Waals surface area contributed by atoms with Gasteiger partial charge in [-0.3, -0.25) is 0 Å². The van der Waals surface area contributed by atoms with Crippen molar-refractivity contribution in [3.05, 3.63) is 0 Å². The molecule has 0 aromatic rings. The van der Waals surface area contributed by atoms with Crippen LogP contribution in [-0.4, -0.2) is 65.9 Å². The van der Waals surface area contributed by atoms with Gasteiger partial charge in [0.05, 0.1) is 31.3 Å². The highest BCUT2D eigenvalue weighted by molar-refractivity contribution is 7.60. The molecule has 0 aromatic heterocycles. The number of unbranched alkanes of at least 4 members (excludes halogenated alkanes) is 7. The van der Waals surface area contributed by atoms with E-state index in [1.807, 2.05) is 0 Å². The number of aliphatic hydroxyl groups is 4. The summed E-state index contributed by atoms with van der Waals surface area (Å²) in [7, 11) is -10.1. The third-order valence-corrected chi connectivity index (χ3v) is 5.90. The van der Waals surface area contributed by atoms with Crippen LogP contribution in [-0.2, 0) is 13.4 Å². The van der Waals surface area contributed by atoms with Crippen LogP contribution in [0.2, 0.25) is 0 Å². The highest BCUT2D eigenvalue weighted by Gasteiger charge is 2.36. The Morgan fingerprint density at radius 2 is 1.11 bits per heavy atom. The summed E-state index contributed by atoms with van der Waals surface area (Å²) in [5.41, 5.74) is -1.15. The van der Waals surface area contributed by atoms with Crippen LogP contribution in [0.5, 0.6) is 0 Å². The molecule has 0 saturated carbocycles. The van der Waals surface area contributed by atoms with E-state index >= 15 is 0 Å². The fraction of sp³-hybridized carbons (Fsp3) is 1.00. The first-order valence-electron chi connectivity index (χ1n) is 9.20. The molecule has 0 aliphatic rings. The Labute approximate surface area is 165 Å². The molecule has 0 amide bonds. The van der Waals surface area contributed by atoms with Gasteiger partial charge in [0.25, 0.3) is 0 Å². The maximum Gasteiger partial charge on any atom is 0.478 e. The monoisotopic (exact) mass is 454 g/mol. The molecule has 0 aromatic carbocycles. The van der Waals surface area contributed by atoms with Gasteiger partial charge in [-0.1, -0.05) is 58.3 Å². The quantitative estimate of drug-likeness (QED) is 0.130. The lowest BCUT2D eigenvalue weighted by Crippen LogP contribution is -2.45. The Kier molecular flexibility index (Phi) is 17.2. The molecule has 0 rings (SSSR count). The molecule has 28 heavy (non-hydrogen) atoms. The van der Waals surface area contributed by atoms with Crippen molar-refractivity contribution in [1.82, 2.24) is 0 Å². The molecule has 0 aliphatic heterocycles. The van der Waals surface area contributed by atoms with Crippen molar-refractivity contribution in [2.45, 2.75) is 70.8 Å². The molecular weight excluding hydrogens is 418 g/mol. The van der Waals surface area contributed by atoms with Crippen molar-refractivity contribution in [2.24, 2.45) is 5.41 Å². The predicted octanol–water partition coefficient (Wildman–Crippen LogP) is 1.03. The molecule has 1 atom stereocenters. The van der Waals surface area contributed by atoms with Gasteiger partial charge in [-0.05, 0) is 6.42 Å². The van der Waals surface area contributed by atoms with E-state index < -0.39 is 47.0 Å². The summed E-state index contributed by atoms with van der Waals surface area (Å²) in [4.78, 5) is 31.0. The van der Waals surface area contributed by atoms with Crippen molar-refractivity contribution in [1.29, 1.82) is 0 Å². The minimum Gasteiger partial charge on any atom is -0.396 e. The van der Waals surface area contributed by atoms with Crippen LogP contribution in [0.3, 0.4) is 0 Å². The van der Waals surface area contributed by atoms with E-state index in [2.05, 4.69) is 11.2 Å². The van der Waals surface area contributed by atoms with Gasteiger partial charge in [0.2, 0.25) is 0 Å². The van der Waals surface area contributed by atoms with Crippen LogP contribution in [0, 0.1) is 5.41 Å². The van der Waals surface area contributed by atoms with E-state index in [1.54, 1.807) is 0 Å². The zero-order valence-corrected chi connectivity index (χ0v) is 18.0. The van der Waals surface area contributed by atoms with Gasteiger partial charge >= 0.3 is 15.6 Å². The zero-order chi connectivity index (χ0) is 22.3. The second-order valence-electron chi connectivity index (χ2n) is 6.68. The molecule has 172 valence electrons. The molecule has 13 heteroatoms. The van der Waals surface area contributed by atoms with Crippen molar-refractivity contribution in [3.63, 3.8) is 0 Å². The van der Waals surface area contributed by atoms with Gasteiger partial charge in [0.1, 0.15) is 0 Å².